The summed E-state index contributed by atoms with van der Waals surface area (Å²) in [5.41, 5.74) is 14.3. The second-order valence-electron chi connectivity index (χ2n) is 7.55. The minimum absolute atomic E-state index is 0.277. The van der Waals surface area contributed by atoms with E-state index in [0.29, 0.717) is 29.0 Å². The molecule has 1 aliphatic rings. The van der Waals surface area contributed by atoms with Gasteiger partial charge in [-0.3, -0.25) is 5.43 Å². The molecule has 2 heterocycles. The molecule has 8 nitrogen and oxygen atoms in total. The molecule has 1 aromatic carbocycles. The fraction of sp³-hybridized carbons (Fsp3) is 0.318. The lowest BCUT2D eigenvalue weighted by Crippen LogP contribution is -2.45. The number of nitrogen functional groups attached to an aromatic ring is 1. The number of hydrogen-bond donors (Lipinski definition) is 3. The van der Waals surface area contributed by atoms with Crippen molar-refractivity contribution in [1.82, 2.24) is 25.7 Å². The molecule has 4 N–H and O–H groups in total. The highest BCUT2D eigenvalue weighted by Crippen LogP contribution is 2.30. The zero-order valence-electron chi connectivity index (χ0n) is 18.2. The molecule has 1 fully saturated rings. The van der Waals surface area contributed by atoms with E-state index in [2.05, 4.69) is 49.2 Å². The SMILES string of the molecule is C=C(C)NN/C(C)=N/c1nc(/C=C/c2ccc(F)cc2)nc(N2CCN(C)CC2)c1N. The van der Waals surface area contributed by atoms with Gasteiger partial charge < -0.3 is 21.0 Å². The number of amidine groups is 1. The number of rotatable bonds is 6. The largest absolute Gasteiger partial charge is 0.393 e. The number of benzene rings is 1. The zero-order chi connectivity index (χ0) is 22.4. The molecule has 1 saturated heterocycles. The molecule has 0 saturated carbocycles. The van der Waals surface area contributed by atoms with Crippen molar-refractivity contribution >= 4 is 35.3 Å². The number of nitrogens with one attached hydrogen (secondary N) is 2. The number of likely N-dealkylation sites (N-methyl/N-ethyl adjacent to an activating group) is 1. The summed E-state index contributed by atoms with van der Waals surface area (Å²) in [6, 6.07) is 6.22. The summed E-state index contributed by atoms with van der Waals surface area (Å²) in [6.45, 7) is 10.9. The third-order valence-corrected chi connectivity index (χ3v) is 4.75. The van der Waals surface area contributed by atoms with Crippen LogP contribution >= 0.6 is 0 Å². The highest BCUT2D eigenvalue weighted by molar-refractivity contribution is 5.86. The molecular weight excluding hydrogens is 395 g/mol. The highest BCUT2D eigenvalue weighted by Gasteiger charge is 2.20. The van der Waals surface area contributed by atoms with Crippen molar-refractivity contribution in [3.63, 3.8) is 0 Å². The van der Waals surface area contributed by atoms with Crippen LogP contribution in [0.5, 0.6) is 0 Å². The van der Waals surface area contributed by atoms with E-state index in [1.165, 1.54) is 12.1 Å². The van der Waals surface area contributed by atoms with E-state index >= 15 is 0 Å². The number of anilines is 2. The van der Waals surface area contributed by atoms with Crippen LogP contribution in [0.3, 0.4) is 0 Å². The van der Waals surface area contributed by atoms with Gasteiger partial charge in [0, 0.05) is 31.9 Å². The predicted octanol–water partition coefficient (Wildman–Crippen LogP) is 2.80. The molecule has 2 aromatic rings. The standard InChI is InChI=1S/C22H29FN8/c1-15(2)28-29-16(3)25-21-20(24)22(31-13-11-30(4)12-14-31)27-19(26-21)10-7-17-5-8-18(23)9-6-17/h5-10,28H,1,11-14,24H2,2-4H3,(H,25,26,27,29)/b10-7+. The second-order valence-corrected chi connectivity index (χ2v) is 7.55. The van der Waals surface area contributed by atoms with Crippen LogP contribution in [0.2, 0.25) is 0 Å². The molecule has 9 heteroatoms. The quantitative estimate of drug-likeness (QED) is 0.373. The van der Waals surface area contributed by atoms with Crippen molar-refractivity contribution in [3.05, 3.63) is 53.7 Å². The third-order valence-electron chi connectivity index (χ3n) is 4.75. The van der Waals surface area contributed by atoms with Gasteiger partial charge in [-0.15, -0.1) is 0 Å². The van der Waals surface area contributed by atoms with E-state index in [0.717, 1.165) is 37.4 Å². The minimum atomic E-state index is -0.277. The van der Waals surface area contributed by atoms with Crippen molar-refractivity contribution in [2.75, 3.05) is 43.9 Å². The maximum absolute atomic E-state index is 13.2. The van der Waals surface area contributed by atoms with Crippen LogP contribution in [-0.2, 0) is 0 Å². The number of aliphatic imine (C=N–C) groups is 1. The first-order chi connectivity index (χ1) is 14.8. The number of hydrazine groups is 1. The molecule has 0 unspecified atom stereocenters. The normalized spacial score (nSPS) is 15.4. The van der Waals surface area contributed by atoms with E-state index < -0.39 is 0 Å². The summed E-state index contributed by atoms with van der Waals surface area (Å²) >= 11 is 0. The maximum atomic E-state index is 13.2. The maximum Gasteiger partial charge on any atom is 0.183 e. The Bertz CT molecular complexity index is 976. The summed E-state index contributed by atoms with van der Waals surface area (Å²) in [5, 5.41) is 0. The van der Waals surface area contributed by atoms with Crippen molar-refractivity contribution < 1.29 is 4.39 Å². The molecule has 1 aromatic heterocycles. The Balaban J connectivity index is 1.95. The molecule has 3 rings (SSSR count). The van der Waals surface area contributed by atoms with Crippen LogP contribution < -0.4 is 21.5 Å². The molecule has 164 valence electrons. The van der Waals surface area contributed by atoms with Crippen LogP contribution in [0.15, 0.2) is 41.5 Å². The van der Waals surface area contributed by atoms with Crippen molar-refractivity contribution in [2.24, 2.45) is 4.99 Å². The van der Waals surface area contributed by atoms with E-state index in [1.54, 1.807) is 25.1 Å². The topological polar surface area (TPSA) is 94.7 Å². The fourth-order valence-corrected chi connectivity index (χ4v) is 3.01. The van der Waals surface area contributed by atoms with Crippen LogP contribution in [0.1, 0.15) is 25.2 Å². The monoisotopic (exact) mass is 424 g/mol. The van der Waals surface area contributed by atoms with E-state index in [4.69, 9.17) is 5.73 Å². The summed E-state index contributed by atoms with van der Waals surface area (Å²) in [4.78, 5) is 18.2. The third kappa shape index (κ3) is 6.26. The average Bonchev–Trinajstić information content (AvgIpc) is 2.74. The van der Waals surface area contributed by atoms with Crippen LogP contribution in [0.4, 0.5) is 21.7 Å². The van der Waals surface area contributed by atoms with Gasteiger partial charge >= 0.3 is 0 Å². The number of piperazine rings is 1. The average molecular weight is 425 g/mol. The Morgan fingerprint density at radius 2 is 1.77 bits per heavy atom. The van der Waals surface area contributed by atoms with Gasteiger partial charge in [0.05, 0.1) is 0 Å². The second kappa shape index (κ2) is 10.0. The first kappa shape index (κ1) is 22.2. The molecule has 0 aliphatic carbocycles. The van der Waals surface area contributed by atoms with Gasteiger partial charge in [0.25, 0.3) is 0 Å². The molecular formula is C22H29FN8. The lowest BCUT2D eigenvalue weighted by Gasteiger charge is -2.33. The van der Waals surface area contributed by atoms with Gasteiger partial charge in [-0.2, -0.15) is 0 Å². The molecule has 0 radical (unpaired) electrons. The molecule has 0 bridgehead atoms. The Hall–Kier alpha value is -3.46. The van der Waals surface area contributed by atoms with Crippen molar-refractivity contribution in [3.8, 4) is 0 Å². The minimum Gasteiger partial charge on any atom is -0.393 e. The number of allylic oxidation sites excluding steroid dienone is 1. The number of halogens is 1. The van der Waals surface area contributed by atoms with Gasteiger partial charge in [0.2, 0.25) is 0 Å². The predicted molar refractivity (Wildman–Crippen MR) is 125 cm³/mol. The van der Waals surface area contributed by atoms with Crippen LogP contribution in [0.25, 0.3) is 12.2 Å². The zero-order valence-corrected chi connectivity index (χ0v) is 18.2. The number of aromatic nitrogens is 2. The van der Waals surface area contributed by atoms with Gasteiger partial charge in [0.1, 0.15) is 17.3 Å². The lowest BCUT2D eigenvalue weighted by molar-refractivity contribution is 0.312. The van der Waals surface area contributed by atoms with Gasteiger partial charge in [-0.05, 0) is 44.7 Å². The van der Waals surface area contributed by atoms with Crippen LogP contribution in [0, 0.1) is 5.82 Å². The van der Waals surface area contributed by atoms with E-state index in [-0.39, 0.29) is 5.82 Å². The van der Waals surface area contributed by atoms with Gasteiger partial charge in [0.15, 0.2) is 17.5 Å². The molecule has 0 amide bonds. The number of hydrogen-bond acceptors (Lipinski definition) is 7. The fourth-order valence-electron chi connectivity index (χ4n) is 3.01. The van der Waals surface area contributed by atoms with E-state index in [9.17, 15) is 4.39 Å². The Labute approximate surface area is 182 Å². The Morgan fingerprint density at radius 1 is 1.10 bits per heavy atom. The van der Waals surface area contributed by atoms with Crippen molar-refractivity contribution in [1.29, 1.82) is 0 Å². The van der Waals surface area contributed by atoms with Crippen LogP contribution in [-0.4, -0.2) is 53.9 Å². The summed E-state index contributed by atoms with van der Waals surface area (Å²) < 4.78 is 13.2. The smallest absolute Gasteiger partial charge is 0.183 e. The Morgan fingerprint density at radius 3 is 2.42 bits per heavy atom. The summed E-state index contributed by atoms with van der Waals surface area (Å²) in [6.07, 6.45) is 3.61. The molecule has 0 atom stereocenters. The van der Waals surface area contributed by atoms with Gasteiger partial charge in [-0.1, -0.05) is 24.8 Å². The first-order valence-electron chi connectivity index (χ1n) is 10.1. The molecule has 1 aliphatic heterocycles. The Kier molecular flexibility index (Phi) is 7.19. The number of nitrogens with zero attached hydrogens (tertiary/aromatic N) is 5. The molecule has 0 spiro atoms. The lowest BCUT2D eigenvalue weighted by atomic mass is 10.2. The summed E-state index contributed by atoms with van der Waals surface area (Å²) in [5.74, 6) is 1.84. The number of nitrogens with two attached hydrogens (primary N) is 1. The van der Waals surface area contributed by atoms with Gasteiger partial charge in [-0.25, -0.2) is 19.4 Å². The first-order valence-corrected chi connectivity index (χ1v) is 10.1. The van der Waals surface area contributed by atoms with E-state index in [1.807, 2.05) is 13.0 Å². The molecule has 31 heavy (non-hydrogen) atoms. The highest BCUT2D eigenvalue weighted by atomic mass is 19.1. The van der Waals surface area contributed by atoms with Crippen molar-refractivity contribution in [2.45, 2.75) is 13.8 Å². The summed E-state index contributed by atoms with van der Waals surface area (Å²) in [7, 11) is 2.09.